The Kier molecular flexibility index (Phi) is 6.49. The standard InChI is InChI=1S/C24H29ClN4O2/c1-26(2)24(31)29-11-8-18-16-19(6-7-22(18)29)23(30)9-10-27-12-14-28(15-13-27)21-5-3-4-20(25)17-21/h3-7,16-17H,8-15H2,1-2H3. The Morgan fingerprint density at radius 2 is 1.77 bits per heavy atom. The summed E-state index contributed by atoms with van der Waals surface area (Å²) in [7, 11) is 3.51. The van der Waals surface area contributed by atoms with Crippen LogP contribution in [0.2, 0.25) is 5.02 Å². The Morgan fingerprint density at radius 1 is 1.00 bits per heavy atom. The molecule has 31 heavy (non-hydrogen) atoms. The van der Waals surface area contributed by atoms with Gasteiger partial charge in [0, 0.05) is 81.7 Å². The van der Waals surface area contributed by atoms with E-state index < -0.39 is 0 Å². The average Bonchev–Trinajstić information content (AvgIpc) is 3.20. The summed E-state index contributed by atoms with van der Waals surface area (Å²) in [5.74, 6) is 0.164. The minimum absolute atomic E-state index is 0.0188. The van der Waals surface area contributed by atoms with Crippen molar-refractivity contribution in [2.45, 2.75) is 12.8 Å². The number of piperazine rings is 1. The normalized spacial score (nSPS) is 16.4. The van der Waals surface area contributed by atoms with E-state index in [2.05, 4.69) is 15.9 Å². The Morgan fingerprint density at radius 3 is 2.48 bits per heavy atom. The van der Waals surface area contributed by atoms with Gasteiger partial charge in [-0.25, -0.2) is 4.79 Å². The third kappa shape index (κ3) is 4.86. The van der Waals surface area contributed by atoms with Crippen LogP contribution < -0.4 is 9.80 Å². The monoisotopic (exact) mass is 440 g/mol. The first kappa shape index (κ1) is 21.7. The Bertz CT molecular complexity index is 970. The lowest BCUT2D eigenvalue weighted by Gasteiger charge is -2.36. The smallest absolute Gasteiger partial charge is 0.323 e. The molecule has 0 spiro atoms. The highest BCUT2D eigenvalue weighted by Crippen LogP contribution is 2.30. The molecule has 7 heteroatoms. The van der Waals surface area contributed by atoms with Crippen molar-refractivity contribution in [1.29, 1.82) is 0 Å². The van der Waals surface area contributed by atoms with E-state index in [1.54, 1.807) is 23.9 Å². The van der Waals surface area contributed by atoms with Crippen molar-refractivity contribution < 1.29 is 9.59 Å². The maximum absolute atomic E-state index is 12.8. The Hall–Kier alpha value is -2.57. The molecule has 0 atom stereocenters. The fourth-order valence-corrected chi connectivity index (χ4v) is 4.51. The minimum Gasteiger partial charge on any atom is -0.369 e. The largest absolute Gasteiger partial charge is 0.369 e. The van der Waals surface area contributed by atoms with Gasteiger partial charge in [-0.3, -0.25) is 14.6 Å². The summed E-state index contributed by atoms with van der Waals surface area (Å²) in [6, 6.07) is 13.7. The van der Waals surface area contributed by atoms with Crippen LogP contribution in [0, 0.1) is 0 Å². The summed E-state index contributed by atoms with van der Waals surface area (Å²) in [5.41, 5.74) is 3.90. The number of hydrogen-bond acceptors (Lipinski definition) is 4. The van der Waals surface area contributed by atoms with Gasteiger partial charge in [-0.05, 0) is 48.4 Å². The van der Waals surface area contributed by atoms with E-state index in [0.29, 0.717) is 13.0 Å². The molecule has 0 aliphatic carbocycles. The molecule has 6 nitrogen and oxygen atoms in total. The number of hydrogen-bond donors (Lipinski definition) is 0. The first-order valence-corrected chi connectivity index (χ1v) is 11.2. The van der Waals surface area contributed by atoms with Gasteiger partial charge in [-0.2, -0.15) is 0 Å². The van der Waals surface area contributed by atoms with E-state index in [9.17, 15) is 9.59 Å². The molecule has 4 rings (SSSR count). The number of Topliss-reactive ketones (excluding diaryl/α,β-unsaturated/α-hetero) is 1. The second-order valence-corrected chi connectivity index (χ2v) is 8.84. The maximum atomic E-state index is 12.8. The first-order chi connectivity index (χ1) is 14.9. The number of carbonyl (C=O) groups excluding carboxylic acids is 2. The van der Waals surface area contributed by atoms with Crippen LogP contribution in [0.1, 0.15) is 22.3 Å². The van der Waals surface area contributed by atoms with Crippen LogP contribution >= 0.6 is 11.6 Å². The predicted octanol–water partition coefficient (Wildman–Crippen LogP) is 3.78. The van der Waals surface area contributed by atoms with Crippen molar-refractivity contribution in [2.24, 2.45) is 0 Å². The van der Waals surface area contributed by atoms with Gasteiger partial charge in [0.2, 0.25) is 0 Å². The molecule has 2 aromatic rings. The van der Waals surface area contributed by atoms with Crippen LogP contribution in [0.25, 0.3) is 0 Å². The predicted molar refractivity (Wildman–Crippen MR) is 126 cm³/mol. The molecule has 2 aromatic carbocycles. The van der Waals surface area contributed by atoms with Crippen LogP contribution in [-0.4, -0.2) is 75.0 Å². The third-order valence-corrected chi connectivity index (χ3v) is 6.35. The van der Waals surface area contributed by atoms with Crippen LogP contribution in [0.3, 0.4) is 0 Å². The lowest BCUT2D eigenvalue weighted by molar-refractivity contribution is 0.0962. The molecule has 0 aromatic heterocycles. The van der Waals surface area contributed by atoms with Crippen molar-refractivity contribution in [2.75, 3.05) is 63.2 Å². The molecular weight excluding hydrogens is 412 g/mol. The molecule has 0 N–H and O–H groups in total. The maximum Gasteiger partial charge on any atom is 0.323 e. The van der Waals surface area contributed by atoms with Gasteiger partial charge in [0.15, 0.2) is 5.78 Å². The van der Waals surface area contributed by atoms with Crippen molar-refractivity contribution in [3.05, 3.63) is 58.6 Å². The van der Waals surface area contributed by atoms with E-state index in [0.717, 1.165) is 66.7 Å². The summed E-state index contributed by atoms with van der Waals surface area (Å²) in [6.07, 6.45) is 1.30. The quantitative estimate of drug-likeness (QED) is 0.664. The summed E-state index contributed by atoms with van der Waals surface area (Å²) in [5, 5.41) is 0.758. The number of urea groups is 1. The number of amides is 2. The molecule has 2 heterocycles. The molecule has 2 aliphatic heterocycles. The molecule has 1 saturated heterocycles. The molecule has 0 radical (unpaired) electrons. The van der Waals surface area contributed by atoms with E-state index in [4.69, 9.17) is 11.6 Å². The molecular formula is C24H29ClN4O2. The van der Waals surface area contributed by atoms with Gasteiger partial charge in [-0.15, -0.1) is 0 Å². The van der Waals surface area contributed by atoms with Gasteiger partial charge in [-0.1, -0.05) is 17.7 Å². The van der Waals surface area contributed by atoms with Gasteiger partial charge >= 0.3 is 6.03 Å². The molecule has 1 fully saturated rings. The fourth-order valence-electron chi connectivity index (χ4n) is 4.32. The average molecular weight is 441 g/mol. The van der Waals surface area contributed by atoms with Crippen molar-refractivity contribution in [3.63, 3.8) is 0 Å². The van der Waals surface area contributed by atoms with Gasteiger partial charge in [0.25, 0.3) is 0 Å². The highest BCUT2D eigenvalue weighted by molar-refractivity contribution is 6.30. The van der Waals surface area contributed by atoms with Gasteiger partial charge in [0.1, 0.15) is 0 Å². The van der Waals surface area contributed by atoms with Crippen LogP contribution in [-0.2, 0) is 6.42 Å². The minimum atomic E-state index is -0.0188. The van der Waals surface area contributed by atoms with E-state index in [-0.39, 0.29) is 11.8 Å². The number of halogens is 1. The second kappa shape index (κ2) is 9.28. The molecule has 0 bridgehead atoms. The zero-order valence-corrected chi connectivity index (χ0v) is 18.9. The number of benzene rings is 2. The SMILES string of the molecule is CN(C)C(=O)N1CCc2cc(C(=O)CCN3CCN(c4cccc(Cl)c4)CC3)ccc21. The summed E-state index contributed by atoms with van der Waals surface area (Å²) in [6.45, 7) is 5.18. The first-order valence-electron chi connectivity index (χ1n) is 10.8. The molecule has 2 amide bonds. The third-order valence-electron chi connectivity index (χ3n) is 6.11. The number of ketones is 1. The lowest BCUT2D eigenvalue weighted by atomic mass is 10.0. The van der Waals surface area contributed by atoms with E-state index in [1.165, 1.54) is 0 Å². The molecule has 164 valence electrons. The Labute approximate surface area is 189 Å². The van der Waals surface area contributed by atoms with Crippen molar-refractivity contribution >= 4 is 34.8 Å². The highest BCUT2D eigenvalue weighted by atomic mass is 35.5. The Balaban J connectivity index is 1.30. The van der Waals surface area contributed by atoms with Gasteiger partial charge in [0.05, 0.1) is 0 Å². The summed E-state index contributed by atoms with van der Waals surface area (Å²) < 4.78 is 0. The van der Waals surface area contributed by atoms with Crippen LogP contribution in [0.5, 0.6) is 0 Å². The van der Waals surface area contributed by atoms with Crippen molar-refractivity contribution in [3.8, 4) is 0 Å². The topological polar surface area (TPSA) is 47.1 Å². The number of rotatable bonds is 5. The highest BCUT2D eigenvalue weighted by Gasteiger charge is 2.26. The number of carbonyl (C=O) groups is 2. The van der Waals surface area contributed by atoms with E-state index >= 15 is 0 Å². The summed E-state index contributed by atoms with van der Waals surface area (Å²) >= 11 is 6.11. The molecule has 0 saturated carbocycles. The van der Waals surface area contributed by atoms with Gasteiger partial charge < -0.3 is 9.80 Å². The zero-order chi connectivity index (χ0) is 22.0. The molecule has 0 unspecified atom stereocenters. The number of anilines is 2. The fraction of sp³-hybridized carbons (Fsp3) is 0.417. The number of fused-ring (bicyclic) bond motifs is 1. The summed E-state index contributed by atoms with van der Waals surface area (Å²) in [4.78, 5) is 33.2. The van der Waals surface area contributed by atoms with Crippen LogP contribution in [0.4, 0.5) is 16.2 Å². The second-order valence-electron chi connectivity index (χ2n) is 8.40. The number of nitrogens with zero attached hydrogens (tertiary/aromatic N) is 4. The van der Waals surface area contributed by atoms with Crippen LogP contribution in [0.15, 0.2) is 42.5 Å². The van der Waals surface area contributed by atoms with Crippen molar-refractivity contribution in [1.82, 2.24) is 9.80 Å². The lowest BCUT2D eigenvalue weighted by Crippen LogP contribution is -2.46. The molecule has 2 aliphatic rings. The zero-order valence-electron chi connectivity index (χ0n) is 18.2. The van der Waals surface area contributed by atoms with E-state index in [1.807, 2.05) is 36.4 Å².